The summed E-state index contributed by atoms with van der Waals surface area (Å²) in [6.45, 7) is 4.57. The molecule has 1 heterocycles. The van der Waals surface area contributed by atoms with Crippen LogP contribution in [0.1, 0.15) is 22.8 Å². The van der Waals surface area contributed by atoms with Crippen LogP contribution < -0.4 is 10.1 Å². The number of hydrogen-bond donors (Lipinski definition) is 0. The van der Waals surface area contributed by atoms with Gasteiger partial charge in [0, 0.05) is 17.0 Å². The van der Waals surface area contributed by atoms with E-state index in [1.807, 2.05) is 43.3 Å². The third-order valence-electron chi connectivity index (χ3n) is 4.90. The maximum Gasteiger partial charge on any atom is 0.337 e. The number of fused-ring (bicyclic) bond motifs is 1. The minimum absolute atomic E-state index is 0.376. The largest absolute Gasteiger partial charge is 0.494 e. The van der Waals surface area contributed by atoms with Gasteiger partial charge in [0.15, 0.2) is 0 Å². The van der Waals surface area contributed by atoms with Crippen LogP contribution in [0.3, 0.4) is 0 Å². The van der Waals surface area contributed by atoms with Crippen molar-refractivity contribution < 1.29 is 18.7 Å². The highest BCUT2D eigenvalue weighted by molar-refractivity contribution is 5.89. The van der Waals surface area contributed by atoms with Crippen molar-refractivity contribution in [2.24, 2.45) is 4.99 Å². The van der Waals surface area contributed by atoms with E-state index in [1.54, 1.807) is 24.3 Å². The van der Waals surface area contributed by atoms with E-state index in [9.17, 15) is 4.79 Å². The standard InChI is InChI=1S/C26H23NO4/c1-4-30-21-13-14-24-22(15-21)23(16-25(31-24)18-7-5-17(2)6-8-18)27-20-11-9-19(10-12-20)26(28)29-3/h5-16H,4H2,1-3H3. The van der Waals surface area contributed by atoms with Gasteiger partial charge in [0.1, 0.15) is 17.1 Å². The first-order chi connectivity index (χ1) is 15.1. The molecule has 0 spiro atoms. The summed E-state index contributed by atoms with van der Waals surface area (Å²) in [6, 6.07) is 22.8. The number of ether oxygens (including phenoxy) is 2. The minimum atomic E-state index is -0.376. The van der Waals surface area contributed by atoms with E-state index in [1.165, 1.54) is 12.7 Å². The zero-order valence-electron chi connectivity index (χ0n) is 17.7. The summed E-state index contributed by atoms with van der Waals surface area (Å²) in [5, 5.41) is 1.60. The first kappa shape index (κ1) is 20.4. The Hall–Kier alpha value is -3.86. The van der Waals surface area contributed by atoms with Crippen molar-refractivity contribution in [1.82, 2.24) is 0 Å². The predicted octanol–water partition coefficient (Wildman–Crippen LogP) is 5.83. The van der Waals surface area contributed by atoms with E-state index < -0.39 is 0 Å². The maximum absolute atomic E-state index is 11.7. The monoisotopic (exact) mass is 413 g/mol. The van der Waals surface area contributed by atoms with Crippen molar-refractivity contribution in [1.29, 1.82) is 0 Å². The maximum atomic E-state index is 11.7. The number of rotatable bonds is 5. The van der Waals surface area contributed by atoms with E-state index in [0.29, 0.717) is 17.8 Å². The van der Waals surface area contributed by atoms with Gasteiger partial charge >= 0.3 is 5.97 Å². The number of carbonyl (C=O) groups excluding carboxylic acids is 1. The molecular formula is C26H23NO4. The average Bonchev–Trinajstić information content (AvgIpc) is 2.80. The van der Waals surface area contributed by atoms with Gasteiger partial charge in [0.05, 0.1) is 30.3 Å². The molecule has 0 bridgehead atoms. The number of carbonyl (C=O) groups is 1. The molecule has 0 saturated carbocycles. The van der Waals surface area contributed by atoms with Crippen LogP contribution in [0, 0.1) is 6.92 Å². The average molecular weight is 413 g/mol. The molecule has 31 heavy (non-hydrogen) atoms. The van der Waals surface area contributed by atoms with Crippen molar-refractivity contribution in [2.45, 2.75) is 13.8 Å². The lowest BCUT2D eigenvalue weighted by molar-refractivity contribution is 0.0601. The molecule has 0 atom stereocenters. The highest BCUT2D eigenvalue weighted by Crippen LogP contribution is 2.26. The smallest absolute Gasteiger partial charge is 0.337 e. The zero-order valence-corrected chi connectivity index (χ0v) is 17.7. The summed E-state index contributed by atoms with van der Waals surface area (Å²) >= 11 is 0. The molecule has 3 aromatic carbocycles. The number of methoxy groups -OCH3 is 1. The molecule has 0 saturated heterocycles. The van der Waals surface area contributed by atoms with E-state index >= 15 is 0 Å². The predicted molar refractivity (Wildman–Crippen MR) is 121 cm³/mol. The molecule has 0 fully saturated rings. The second-order valence-electron chi connectivity index (χ2n) is 7.10. The van der Waals surface area contributed by atoms with Crippen molar-refractivity contribution in [3.8, 4) is 17.1 Å². The molecule has 156 valence electrons. The summed E-state index contributed by atoms with van der Waals surface area (Å²) in [4.78, 5) is 16.5. The second-order valence-corrected chi connectivity index (χ2v) is 7.10. The van der Waals surface area contributed by atoms with Crippen LogP contribution in [0.2, 0.25) is 0 Å². The second kappa shape index (κ2) is 8.88. The van der Waals surface area contributed by atoms with Crippen LogP contribution >= 0.6 is 0 Å². The lowest BCUT2D eigenvalue weighted by atomic mass is 10.1. The highest BCUT2D eigenvalue weighted by Gasteiger charge is 2.09. The molecule has 0 unspecified atom stereocenters. The third-order valence-corrected chi connectivity index (χ3v) is 4.90. The Labute approximate surface area is 180 Å². The van der Waals surface area contributed by atoms with Crippen LogP contribution in [-0.4, -0.2) is 19.7 Å². The van der Waals surface area contributed by atoms with E-state index in [-0.39, 0.29) is 5.97 Å². The number of esters is 1. The molecular weight excluding hydrogens is 390 g/mol. The Morgan fingerprint density at radius 2 is 1.71 bits per heavy atom. The van der Waals surface area contributed by atoms with Crippen LogP contribution in [-0.2, 0) is 4.74 Å². The van der Waals surface area contributed by atoms with Gasteiger partial charge in [-0.25, -0.2) is 9.79 Å². The van der Waals surface area contributed by atoms with Crippen molar-refractivity contribution in [3.05, 3.63) is 89.3 Å². The van der Waals surface area contributed by atoms with Crippen LogP contribution in [0.5, 0.6) is 5.75 Å². The van der Waals surface area contributed by atoms with Gasteiger partial charge in [-0.1, -0.05) is 29.8 Å². The summed E-state index contributed by atoms with van der Waals surface area (Å²) in [6.07, 6.45) is 0. The van der Waals surface area contributed by atoms with E-state index in [2.05, 4.69) is 19.1 Å². The molecule has 0 aliphatic heterocycles. The minimum Gasteiger partial charge on any atom is -0.494 e. The molecule has 5 heteroatoms. The fourth-order valence-electron chi connectivity index (χ4n) is 3.29. The summed E-state index contributed by atoms with van der Waals surface area (Å²) in [5.74, 6) is 1.10. The van der Waals surface area contributed by atoms with Gasteiger partial charge in [-0.05, 0) is 56.3 Å². The number of benzene rings is 3. The highest BCUT2D eigenvalue weighted by atomic mass is 16.5. The summed E-state index contributed by atoms with van der Waals surface area (Å²) in [5.41, 5.74) is 4.07. The lowest BCUT2D eigenvalue weighted by Gasteiger charge is -2.08. The molecule has 0 aliphatic carbocycles. The van der Waals surface area contributed by atoms with Gasteiger partial charge in [-0.3, -0.25) is 0 Å². The molecule has 4 aromatic rings. The molecule has 1 aromatic heterocycles. The molecule has 5 nitrogen and oxygen atoms in total. The van der Waals surface area contributed by atoms with Crippen molar-refractivity contribution in [2.75, 3.05) is 13.7 Å². The Morgan fingerprint density at radius 3 is 2.39 bits per heavy atom. The summed E-state index contributed by atoms with van der Waals surface area (Å²) < 4.78 is 16.6. The molecule has 0 radical (unpaired) electrons. The third kappa shape index (κ3) is 4.51. The quantitative estimate of drug-likeness (QED) is 0.387. The number of nitrogens with zero attached hydrogens (tertiary/aromatic N) is 1. The fourth-order valence-corrected chi connectivity index (χ4v) is 3.29. The first-order valence-corrected chi connectivity index (χ1v) is 10.1. The Bertz CT molecular complexity index is 1290. The van der Waals surface area contributed by atoms with Crippen molar-refractivity contribution >= 4 is 22.6 Å². The molecule has 0 aliphatic rings. The number of hydrogen-bond acceptors (Lipinski definition) is 5. The van der Waals surface area contributed by atoms with E-state index in [4.69, 9.17) is 18.9 Å². The fraction of sp³-hybridized carbons (Fsp3) is 0.154. The van der Waals surface area contributed by atoms with Gasteiger partial charge in [0.25, 0.3) is 0 Å². The first-order valence-electron chi connectivity index (χ1n) is 10.1. The Morgan fingerprint density at radius 1 is 0.968 bits per heavy atom. The Kier molecular flexibility index (Phi) is 5.85. The van der Waals surface area contributed by atoms with Crippen LogP contribution in [0.25, 0.3) is 22.3 Å². The number of aryl methyl sites for hydroxylation is 1. The van der Waals surface area contributed by atoms with Gasteiger partial charge in [-0.2, -0.15) is 0 Å². The van der Waals surface area contributed by atoms with Crippen LogP contribution in [0.4, 0.5) is 5.69 Å². The molecule has 4 rings (SSSR count). The normalized spacial score (nSPS) is 11.5. The topological polar surface area (TPSA) is 61.0 Å². The van der Waals surface area contributed by atoms with Crippen molar-refractivity contribution in [3.63, 3.8) is 0 Å². The van der Waals surface area contributed by atoms with Gasteiger partial charge in [-0.15, -0.1) is 0 Å². The van der Waals surface area contributed by atoms with Crippen LogP contribution in [0.15, 0.2) is 82.2 Å². The summed E-state index contributed by atoms with van der Waals surface area (Å²) in [7, 11) is 1.36. The lowest BCUT2D eigenvalue weighted by Crippen LogP contribution is -2.04. The SMILES string of the molecule is CCOc1ccc2oc(-c3ccc(C)cc3)cc(=Nc3ccc(C(=O)OC)cc3)c2c1. The zero-order chi connectivity index (χ0) is 21.8. The molecule has 0 N–H and O–H groups in total. The van der Waals surface area contributed by atoms with E-state index in [0.717, 1.165) is 33.5 Å². The van der Waals surface area contributed by atoms with Gasteiger partial charge in [0.2, 0.25) is 0 Å². The Balaban J connectivity index is 1.89. The molecule has 0 amide bonds. The van der Waals surface area contributed by atoms with Gasteiger partial charge < -0.3 is 13.9 Å².